The summed E-state index contributed by atoms with van der Waals surface area (Å²) in [5.74, 6) is 0.239. The second-order valence-electron chi connectivity index (χ2n) is 4.12. The fourth-order valence-electron chi connectivity index (χ4n) is 1.44. The summed E-state index contributed by atoms with van der Waals surface area (Å²) in [6.07, 6.45) is 0. The highest BCUT2D eigenvalue weighted by Gasteiger charge is 2.20. The van der Waals surface area contributed by atoms with Gasteiger partial charge in [-0.05, 0) is 22.0 Å². The van der Waals surface area contributed by atoms with Crippen LogP contribution in [-0.2, 0) is 0 Å². The third kappa shape index (κ3) is 3.34. The maximum Gasteiger partial charge on any atom is 0.328 e. The first-order valence-corrected chi connectivity index (χ1v) is 6.47. The highest BCUT2D eigenvalue weighted by atomic mass is 79.9. The molecule has 1 heterocycles. The molecule has 0 aliphatic heterocycles. The minimum Gasteiger partial charge on any atom is -0.416 e. The molecule has 0 amide bonds. The van der Waals surface area contributed by atoms with Crippen LogP contribution in [0.4, 0.5) is 17.6 Å². The van der Waals surface area contributed by atoms with Gasteiger partial charge in [0.2, 0.25) is 17.6 Å². The van der Waals surface area contributed by atoms with Gasteiger partial charge in [-0.15, -0.1) is 0 Å². The molecule has 0 atom stereocenters. The number of anilines is 2. The van der Waals surface area contributed by atoms with Crippen LogP contribution in [0.1, 0.15) is 0 Å². The fourth-order valence-corrected chi connectivity index (χ4v) is 1.88. The standard InChI is InChI=1S/C11H11BrN6O3/c1-17(2)10-14-9(13)15-11(16-10)21-8-6(12)4-3-5-7(8)18(19)20/h3-5H,1-2H3,(H2,13,14,15,16). The highest BCUT2D eigenvalue weighted by molar-refractivity contribution is 9.10. The highest BCUT2D eigenvalue weighted by Crippen LogP contribution is 2.37. The number of nitrogens with zero attached hydrogens (tertiary/aromatic N) is 5. The van der Waals surface area contributed by atoms with E-state index in [0.29, 0.717) is 4.47 Å². The lowest BCUT2D eigenvalue weighted by atomic mass is 10.3. The van der Waals surface area contributed by atoms with Crippen molar-refractivity contribution < 1.29 is 9.66 Å². The second-order valence-corrected chi connectivity index (χ2v) is 4.97. The Morgan fingerprint density at radius 3 is 2.67 bits per heavy atom. The summed E-state index contributed by atoms with van der Waals surface area (Å²) in [5.41, 5.74) is 5.36. The molecule has 0 aliphatic carbocycles. The van der Waals surface area contributed by atoms with Crippen LogP contribution in [0.25, 0.3) is 0 Å². The van der Waals surface area contributed by atoms with Crippen molar-refractivity contribution in [3.05, 3.63) is 32.8 Å². The Hall–Kier alpha value is -2.49. The normalized spacial score (nSPS) is 10.2. The summed E-state index contributed by atoms with van der Waals surface area (Å²) in [5, 5.41) is 11.0. The van der Waals surface area contributed by atoms with Gasteiger partial charge < -0.3 is 15.4 Å². The number of ether oxygens (including phenoxy) is 1. The van der Waals surface area contributed by atoms with Crippen molar-refractivity contribution in [2.24, 2.45) is 0 Å². The van der Waals surface area contributed by atoms with Gasteiger partial charge >= 0.3 is 11.7 Å². The van der Waals surface area contributed by atoms with Crippen molar-refractivity contribution in [1.82, 2.24) is 15.0 Å². The molecule has 0 spiro atoms. The number of hydrogen-bond acceptors (Lipinski definition) is 8. The molecule has 9 nitrogen and oxygen atoms in total. The molecule has 110 valence electrons. The van der Waals surface area contributed by atoms with Gasteiger partial charge in [-0.2, -0.15) is 15.0 Å². The zero-order valence-corrected chi connectivity index (χ0v) is 12.7. The van der Waals surface area contributed by atoms with Crippen molar-refractivity contribution in [2.75, 3.05) is 24.7 Å². The van der Waals surface area contributed by atoms with Crippen LogP contribution in [0.3, 0.4) is 0 Å². The first-order chi connectivity index (χ1) is 9.88. The molecular formula is C11H11BrN6O3. The Morgan fingerprint density at radius 2 is 2.05 bits per heavy atom. The van der Waals surface area contributed by atoms with Crippen LogP contribution in [0.15, 0.2) is 22.7 Å². The predicted octanol–water partition coefficient (Wildman–Crippen LogP) is 1.98. The van der Waals surface area contributed by atoms with Crippen LogP contribution in [0, 0.1) is 10.1 Å². The van der Waals surface area contributed by atoms with Crippen LogP contribution >= 0.6 is 15.9 Å². The predicted molar refractivity (Wildman–Crippen MR) is 79.4 cm³/mol. The first-order valence-electron chi connectivity index (χ1n) is 5.68. The lowest BCUT2D eigenvalue weighted by Crippen LogP contribution is -2.15. The van der Waals surface area contributed by atoms with E-state index in [-0.39, 0.29) is 29.3 Å². The fraction of sp³-hybridized carbons (Fsp3) is 0.182. The van der Waals surface area contributed by atoms with Gasteiger partial charge in [-0.1, -0.05) is 6.07 Å². The van der Waals surface area contributed by atoms with Gasteiger partial charge in [0.15, 0.2) is 0 Å². The minimum absolute atomic E-state index is 0.00203. The van der Waals surface area contributed by atoms with Crippen molar-refractivity contribution in [3.63, 3.8) is 0 Å². The molecule has 0 fully saturated rings. The number of nitrogens with two attached hydrogens (primary N) is 1. The molecule has 21 heavy (non-hydrogen) atoms. The van der Waals surface area contributed by atoms with E-state index in [2.05, 4.69) is 30.9 Å². The number of nitro groups is 1. The molecule has 2 rings (SSSR count). The molecule has 0 saturated heterocycles. The third-order valence-electron chi connectivity index (χ3n) is 2.36. The molecule has 1 aromatic carbocycles. The zero-order chi connectivity index (χ0) is 15.6. The molecule has 0 unspecified atom stereocenters. The Labute approximate surface area is 128 Å². The maximum absolute atomic E-state index is 11.0. The van der Waals surface area contributed by atoms with Crippen LogP contribution in [-0.4, -0.2) is 34.0 Å². The number of halogens is 1. The summed E-state index contributed by atoms with van der Waals surface area (Å²) >= 11 is 3.20. The molecule has 0 bridgehead atoms. The van der Waals surface area contributed by atoms with Crippen LogP contribution in [0.5, 0.6) is 11.8 Å². The smallest absolute Gasteiger partial charge is 0.328 e. The van der Waals surface area contributed by atoms with Crippen molar-refractivity contribution >= 4 is 33.5 Å². The molecule has 1 aromatic heterocycles. The summed E-state index contributed by atoms with van der Waals surface area (Å²) in [6, 6.07) is 4.33. The van der Waals surface area contributed by atoms with Crippen molar-refractivity contribution in [1.29, 1.82) is 0 Å². The Balaban J connectivity index is 2.45. The molecule has 0 saturated carbocycles. The van der Waals surface area contributed by atoms with E-state index in [1.165, 1.54) is 12.1 Å². The molecule has 10 heteroatoms. The number of benzene rings is 1. The van der Waals surface area contributed by atoms with E-state index < -0.39 is 4.92 Å². The largest absolute Gasteiger partial charge is 0.416 e. The summed E-state index contributed by atoms with van der Waals surface area (Å²) < 4.78 is 5.82. The van der Waals surface area contributed by atoms with Crippen LogP contribution < -0.4 is 15.4 Å². The summed E-state index contributed by atoms with van der Waals surface area (Å²) in [4.78, 5) is 23.8. The Bertz CT molecular complexity index is 694. The SMILES string of the molecule is CN(C)c1nc(N)nc(Oc2c(Br)cccc2[N+](=O)[O-])n1. The minimum atomic E-state index is -0.558. The topological polar surface area (TPSA) is 120 Å². The number of nitrogen functional groups attached to an aromatic ring is 1. The van der Waals surface area contributed by atoms with Gasteiger partial charge in [0, 0.05) is 20.2 Å². The molecule has 2 N–H and O–H groups in total. The average Bonchev–Trinajstić information content (AvgIpc) is 2.40. The number of nitro benzene ring substituents is 1. The summed E-state index contributed by atoms with van der Waals surface area (Å²) in [6.45, 7) is 0. The number of hydrogen-bond donors (Lipinski definition) is 1. The van der Waals surface area contributed by atoms with E-state index in [1.807, 2.05) is 0 Å². The van der Waals surface area contributed by atoms with Crippen molar-refractivity contribution in [2.45, 2.75) is 0 Å². The lowest BCUT2D eigenvalue weighted by molar-refractivity contribution is -0.385. The quantitative estimate of drug-likeness (QED) is 0.653. The average molecular weight is 355 g/mol. The van der Waals surface area contributed by atoms with Gasteiger partial charge in [-0.25, -0.2) is 0 Å². The van der Waals surface area contributed by atoms with Gasteiger partial charge in [0.1, 0.15) is 0 Å². The van der Waals surface area contributed by atoms with E-state index >= 15 is 0 Å². The second kappa shape index (κ2) is 5.87. The third-order valence-corrected chi connectivity index (χ3v) is 2.98. The van der Waals surface area contributed by atoms with Crippen molar-refractivity contribution in [3.8, 4) is 11.8 Å². The summed E-state index contributed by atoms with van der Waals surface area (Å²) in [7, 11) is 3.44. The van der Waals surface area contributed by atoms with E-state index in [1.54, 1.807) is 25.1 Å². The number of rotatable bonds is 4. The molecule has 0 aliphatic rings. The number of para-hydroxylation sites is 1. The Kier molecular flexibility index (Phi) is 4.17. The monoisotopic (exact) mass is 354 g/mol. The van der Waals surface area contributed by atoms with Gasteiger partial charge in [-0.3, -0.25) is 10.1 Å². The first kappa shape index (κ1) is 14.9. The maximum atomic E-state index is 11.0. The van der Waals surface area contributed by atoms with E-state index in [4.69, 9.17) is 10.5 Å². The van der Waals surface area contributed by atoms with Crippen LogP contribution in [0.2, 0.25) is 0 Å². The number of aromatic nitrogens is 3. The Morgan fingerprint density at radius 1 is 1.33 bits per heavy atom. The molecule has 0 radical (unpaired) electrons. The van der Waals surface area contributed by atoms with Gasteiger partial charge in [0.05, 0.1) is 9.40 Å². The molecule has 2 aromatic rings. The van der Waals surface area contributed by atoms with E-state index in [0.717, 1.165) is 0 Å². The zero-order valence-electron chi connectivity index (χ0n) is 11.1. The van der Waals surface area contributed by atoms with E-state index in [9.17, 15) is 10.1 Å². The van der Waals surface area contributed by atoms with Gasteiger partial charge in [0.25, 0.3) is 0 Å². The molecular weight excluding hydrogens is 344 g/mol. The lowest BCUT2D eigenvalue weighted by Gasteiger charge is -2.12.